The summed E-state index contributed by atoms with van der Waals surface area (Å²) in [6.07, 6.45) is 0.987. The van der Waals surface area contributed by atoms with Crippen LogP contribution in [0, 0.1) is 0 Å². The summed E-state index contributed by atoms with van der Waals surface area (Å²) >= 11 is 1.52. The molecule has 0 aliphatic carbocycles. The van der Waals surface area contributed by atoms with Gasteiger partial charge in [0.1, 0.15) is 0 Å². The molecule has 1 unspecified atom stereocenters. The van der Waals surface area contributed by atoms with Crippen LogP contribution >= 0.6 is 11.8 Å². The Hall–Kier alpha value is -1.29. The highest BCUT2D eigenvalue weighted by atomic mass is 32.2. The number of amides is 1. The van der Waals surface area contributed by atoms with Gasteiger partial charge in [-0.2, -0.15) is 0 Å². The average Bonchev–Trinajstić information content (AvgIpc) is 2.71. The van der Waals surface area contributed by atoms with Crippen LogP contribution in [0.15, 0.2) is 35.3 Å². The number of carbonyl (C=O) groups excluding carboxylic acids is 1. The highest BCUT2D eigenvalue weighted by molar-refractivity contribution is 8.15. The van der Waals surface area contributed by atoms with E-state index in [0.717, 1.165) is 17.3 Å². The second-order valence-corrected chi connectivity index (χ2v) is 4.96. The van der Waals surface area contributed by atoms with E-state index in [2.05, 4.69) is 18.8 Å². The predicted octanol–water partition coefficient (Wildman–Crippen LogP) is 2.92. The Balaban J connectivity index is 2.30. The van der Waals surface area contributed by atoms with Crippen molar-refractivity contribution in [3.8, 4) is 0 Å². The van der Waals surface area contributed by atoms with Gasteiger partial charge in [0.25, 0.3) is 0 Å². The van der Waals surface area contributed by atoms with Crippen molar-refractivity contribution in [3.05, 3.63) is 30.3 Å². The molecule has 1 atom stereocenters. The number of benzene rings is 1. The third kappa shape index (κ3) is 2.69. The van der Waals surface area contributed by atoms with Crippen LogP contribution in [-0.4, -0.2) is 22.9 Å². The van der Waals surface area contributed by atoms with Crippen LogP contribution in [0.2, 0.25) is 0 Å². The normalized spacial score (nSPS) is 20.0. The Kier molecular flexibility index (Phi) is 3.84. The van der Waals surface area contributed by atoms with E-state index in [1.54, 1.807) is 4.90 Å². The molecule has 90 valence electrons. The zero-order valence-corrected chi connectivity index (χ0v) is 10.9. The SMILES string of the molecule is CCC(C)/N=C1\SCC(=O)N1c1ccccc1. The molecule has 17 heavy (non-hydrogen) atoms. The van der Waals surface area contributed by atoms with Crippen molar-refractivity contribution in [1.82, 2.24) is 0 Å². The van der Waals surface area contributed by atoms with Crippen molar-refractivity contribution in [2.45, 2.75) is 26.3 Å². The molecule has 4 heteroatoms. The Bertz CT molecular complexity index is 430. The number of rotatable bonds is 3. The summed E-state index contributed by atoms with van der Waals surface area (Å²) in [7, 11) is 0. The van der Waals surface area contributed by atoms with Crippen LogP contribution in [0.1, 0.15) is 20.3 Å². The fourth-order valence-electron chi connectivity index (χ4n) is 1.57. The molecule has 3 nitrogen and oxygen atoms in total. The fourth-order valence-corrected chi connectivity index (χ4v) is 2.54. The number of aliphatic imine (C=N–C) groups is 1. The standard InChI is InChI=1S/C13H16N2OS/c1-3-10(2)14-13-15(12(16)9-17-13)11-7-5-4-6-8-11/h4-8,10H,3,9H2,1-2H3/b14-13-. The predicted molar refractivity (Wildman–Crippen MR) is 73.6 cm³/mol. The number of hydrogen-bond acceptors (Lipinski definition) is 3. The van der Waals surface area contributed by atoms with Gasteiger partial charge in [-0.25, -0.2) is 0 Å². The minimum atomic E-state index is 0.114. The Morgan fingerprint density at radius 1 is 1.41 bits per heavy atom. The molecule has 1 heterocycles. The van der Waals surface area contributed by atoms with Crippen molar-refractivity contribution in [3.63, 3.8) is 0 Å². The van der Waals surface area contributed by atoms with E-state index in [-0.39, 0.29) is 11.9 Å². The molecule has 0 aromatic heterocycles. The van der Waals surface area contributed by atoms with Gasteiger partial charge in [0.05, 0.1) is 11.4 Å². The number of thioether (sulfide) groups is 1. The molecule has 1 fully saturated rings. The summed E-state index contributed by atoms with van der Waals surface area (Å²) in [6, 6.07) is 9.96. The maximum atomic E-state index is 11.9. The second kappa shape index (κ2) is 5.36. The Morgan fingerprint density at radius 3 is 2.76 bits per heavy atom. The van der Waals surface area contributed by atoms with Crippen LogP contribution in [-0.2, 0) is 4.79 Å². The number of hydrogen-bond donors (Lipinski definition) is 0. The fraction of sp³-hybridized carbons (Fsp3) is 0.385. The van der Waals surface area contributed by atoms with Crippen molar-refractivity contribution < 1.29 is 4.79 Å². The lowest BCUT2D eigenvalue weighted by Crippen LogP contribution is -2.29. The van der Waals surface area contributed by atoms with Crippen LogP contribution in [0.3, 0.4) is 0 Å². The average molecular weight is 248 g/mol. The van der Waals surface area contributed by atoms with E-state index in [4.69, 9.17) is 0 Å². The van der Waals surface area contributed by atoms with Gasteiger partial charge >= 0.3 is 0 Å². The molecule has 0 N–H and O–H groups in total. The molecule has 1 saturated heterocycles. The van der Waals surface area contributed by atoms with Crippen LogP contribution in [0.25, 0.3) is 0 Å². The first-order valence-electron chi connectivity index (χ1n) is 5.81. The highest BCUT2D eigenvalue weighted by Gasteiger charge is 2.29. The highest BCUT2D eigenvalue weighted by Crippen LogP contribution is 2.26. The number of carbonyl (C=O) groups is 1. The van der Waals surface area contributed by atoms with Crippen molar-refractivity contribution >= 4 is 28.5 Å². The summed E-state index contributed by atoms with van der Waals surface area (Å²) in [5.74, 6) is 0.604. The van der Waals surface area contributed by atoms with E-state index in [9.17, 15) is 4.79 Å². The molecule has 1 aliphatic rings. The molecule has 0 saturated carbocycles. The minimum absolute atomic E-state index is 0.114. The summed E-state index contributed by atoms with van der Waals surface area (Å²) in [4.78, 5) is 18.2. The molecule has 2 rings (SSSR count). The number of anilines is 1. The first-order chi connectivity index (χ1) is 8.22. The Labute approximate surface area is 106 Å². The molecular formula is C13H16N2OS. The van der Waals surface area contributed by atoms with E-state index in [0.29, 0.717) is 5.75 Å². The minimum Gasteiger partial charge on any atom is -0.273 e. The molecule has 1 aliphatic heterocycles. The number of para-hydroxylation sites is 1. The smallest absolute Gasteiger partial charge is 0.243 e. The number of nitrogens with zero attached hydrogens (tertiary/aromatic N) is 2. The molecule has 1 aromatic carbocycles. The lowest BCUT2D eigenvalue weighted by atomic mass is 10.3. The maximum Gasteiger partial charge on any atom is 0.243 e. The largest absolute Gasteiger partial charge is 0.273 e. The first kappa shape index (κ1) is 12.2. The van der Waals surface area contributed by atoms with E-state index < -0.39 is 0 Å². The monoisotopic (exact) mass is 248 g/mol. The van der Waals surface area contributed by atoms with Crippen molar-refractivity contribution in [2.75, 3.05) is 10.7 Å². The van der Waals surface area contributed by atoms with Gasteiger partial charge in [-0.3, -0.25) is 14.7 Å². The van der Waals surface area contributed by atoms with Gasteiger partial charge in [0.2, 0.25) is 5.91 Å². The molecule has 0 radical (unpaired) electrons. The number of amidine groups is 1. The molecule has 1 aromatic rings. The third-order valence-electron chi connectivity index (χ3n) is 2.70. The lowest BCUT2D eigenvalue weighted by molar-refractivity contribution is -0.115. The molecule has 0 spiro atoms. The van der Waals surface area contributed by atoms with Gasteiger partial charge in [0, 0.05) is 6.04 Å². The second-order valence-electron chi connectivity index (χ2n) is 4.02. The first-order valence-corrected chi connectivity index (χ1v) is 6.79. The van der Waals surface area contributed by atoms with Gasteiger partial charge in [0.15, 0.2) is 5.17 Å². The van der Waals surface area contributed by atoms with E-state index in [1.165, 1.54) is 11.8 Å². The topological polar surface area (TPSA) is 32.7 Å². The molecule has 0 bridgehead atoms. The zero-order chi connectivity index (χ0) is 12.3. The summed E-state index contributed by atoms with van der Waals surface area (Å²) in [5.41, 5.74) is 0.907. The summed E-state index contributed by atoms with van der Waals surface area (Å²) < 4.78 is 0. The molecule has 1 amide bonds. The third-order valence-corrected chi connectivity index (χ3v) is 3.64. The summed E-state index contributed by atoms with van der Waals surface area (Å²) in [6.45, 7) is 4.17. The van der Waals surface area contributed by atoms with Crippen LogP contribution in [0.5, 0.6) is 0 Å². The van der Waals surface area contributed by atoms with Crippen LogP contribution in [0.4, 0.5) is 5.69 Å². The van der Waals surface area contributed by atoms with Gasteiger partial charge in [-0.1, -0.05) is 36.9 Å². The van der Waals surface area contributed by atoms with Gasteiger partial charge in [-0.05, 0) is 25.5 Å². The van der Waals surface area contributed by atoms with Gasteiger partial charge in [-0.15, -0.1) is 0 Å². The maximum absolute atomic E-state index is 11.9. The quantitative estimate of drug-likeness (QED) is 0.824. The van der Waals surface area contributed by atoms with Crippen molar-refractivity contribution in [2.24, 2.45) is 4.99 Å². The molecular weight excluding hydrogens is 232 g/mol. The Morgan fingerprint density at radius 2 is 2.12 bits per heavy atom. The van der Waals surface area contributed by atoms with E-state index in [1.807, 2.05) is 30.3 Å². The van der Waals surface area contributed by atoms with Crippen molar-refractivity contribution in [1.29, 1.82) is 0 Å². The van der Waals surface area contributed by atoms with Gasteiger partial charge < -0.3 is 0 Å². The van der Waals surface area contributed by atoms with E-state index >= 15 is 0 Å². The summed E-state index contributed by atoms with van der Waals surface area (Å²) in [5, 5.41) is 0.829. The van der Waals surface area contributed by atoms with Crippen LogP contribution < -0.4 is 4.90 Å². The zero-order valence-electron chi connectivity index (χ0n) is 10.1. The lowest BCUT2D eigenvalue weighted by Gasteiger charge is -2.17.